The Labute approximate surface area is 143 Å². The number of benzene rings is 2. The van der Waals surface area contributed by atoms with Gasteiger partial charge in [0.05, 0.1) is 12.2 Å². The summed E-state index contributed by atoms with van der Waals surface area (Å²) < 4.78 is 9.81. The molecule has 0 aliphatic carbocycles. The molecule has 2 aromatic carbocycles. The number of hydrogen-bond donors (Lipinski definition) is 2. The Morgan fingerprint density at radius 2 is 1.75 bits per heavy atom. The van der Waals surface area contributed by atoms with E-state index in [1.54, 1.807) is 30.3 Å². The predicted molar refractivity (Wildman–Crippen MR) is 87.5 cm³/mol. The molecule has 0 aromatic heterocycles. The van der Waals surface area contributed by atoms with Crippen LogP contribution < -0.4 is 15.1 Å². The summed E-state index contributed by atoms with van der Waals surface area (Å²) in [6.07, 6.45) is -1.65. The number of nitrogens with one attached hydrogen (secondary N) is 1. The molecule has 126 valence electrons. The van der Waals surface area contributed by atoms with Gasteiger partial charge in [0, 0.05) is 5.02 Å². The normalized spacial score (nSPS) is 9.92. The van der Waals surface area contributed by atoms with Gasteiger partial charge in [-0.3, -0.25) is 5.21 Å². The first-order valence-corrected chi connectivity index (χ1v) is 7.36. The molecule has 0 radical (unpaired) electrons. The lowest BCUT2D eigenvalue weighted by Gasteiger charge is -2.15. The number of para-hydroxylation sites is 1. The highest BCUT2D eigenvalue weighted by molar-refractivity contribution is 6.30. The molecule has 2 aromatic rings. The largest absolute Gasteiger partial charge is 0.446 e. The molecule has 0 spiro atoms. The minimum absolute atomic E-state index is 0.0336. The molecule has 2 amide bonds. The van der Waals surface area contributed by atoms with E-state index in [0.29, 0.717) is 15.8 Å². The van der Waals surface area contributed by atoms with Gasteiger partial charge in [0.15, 0.2) is 0 Å². The summed E-state index contributed by atoms with van der Waals surface area (Å²) in [5.74, 6) is 0.399. The van der Waals surface area contributed by atoms with Crippen molar-refractivity contribution in [3.63, 3.8) is 0 Å². The molecule has 0 atom stereocenters. The van der Waals surface area contributed by atoms with E-state index < -0.39 is 12.2 Å². The maximum atomic E-state index is 11.6. The van der Waals surface area contributed by atoms with Gasteiger partial charge >= 0.3 is 12.2 Å². The van der Waals surface area contributed by atoms with E-state index in [1.165, 1.54) is 24.3 Å². The number of ether oxygens (including phenoxy) is 2. The van der Waals surface area contributed by atoms with E-state index in [0.717, 1.165) is 0 Å². The van der Waals surface area contributed by atoms with Crippen LogP contribution in [0.1, 0.15) is 0 Å². The van der Waals surface area contributed by atoms with Crippen LogP contribution >= 0.6 is 11.6 Å². The summed E-state index contributed by atoms with van der Waals surface area (Å²) in [4.78, 5) is 23.1. The summed E-state index contributed by atoms with van der Waals surface area (Å²) in [6.45, 7) is -0.0980. The maximum Gasteiger partial charge on any atom is 0.438 e. The van der Waals surface area contributed by atoms with Crippen molar-refractivity contribution in [1.29, 1.82) is 0 Å². The summed E-state index contributed by atoms with van der Waals surface area (Å²) in [5, 5.41) is 12.9. The summed E-state index contributed by atoms with van der Waals surface area (Å²) in [5.41, 5.74) is 0.209. The molecule has 0 unspecified atom stereocenters. The molecule has 7 nitrogen and oxygen atoms in total. The number of carbonyl (C=O) groups excluding carboxylic acids is 2. The van der Waals surface area contributed by atoms with Crippen molar-refractivity contribution < 1.29 is 24.3 Å². The second-order valence-corrected chi connectivity index (χ2v) is 4.97. The molecular formula is C16H15ClN2O5. The van der Waals surface area contributed by atoms with Crippen molar-refractivity contribution in [2.45, 2.75) is 0 Å². The van der Waals surface area contributed by atoms with Crippen molar-refractivity contribution in [2.75, 3.05) is 18.2 Å². The molecular weight excluding hydrogens is 336 g/mol. The van der Waals surface area contributed by atoms with Crippen molar-refractivity contribution >= 4 is 29.5 Å². The Kier molecular flexibility index (Phi) is 6.41. The lowest BCUT2D eigenvalue weighted by Crippen LogP contribution is -2.33. The number of nitrogens with zero attached hydrogens (tertiary/aromatic N) is 1. The average molecular weight is 351 g/mol. The van der Waals surface area contributed by atoms with Gasteiger partial charge in [-0.25, -0.2) is 9.59 Å². The number of carbonyl (C=O) groups is 2. The van der Waals surface area contributed by atoms with E-state index >= 15 is 0 Å². The fourth-order valence-electron chi connectivity index (χ4n) is 1.67. The highest BCUT2D eigenvalue weighted by Gasteiger charge is 2.14. The molecule has 0 saturated carbocycles. The van der Waals surface area contributed by atoms with Gasteiger partial charge < -0.3 is 14.8 Å². The van der Waals surface area contributed by atoms with Gasteiger partial charge in [0.2, 0.25) is 0 Å². The number of hydrogen-bond acceptors (Lipinski definition) is 5. The number of hydroxylamine groups is 1. The second kappa shape index (κ2) is 8.76. The van der Waals surface area contributed by atoms with Gasteiger partial charge in [-0.15, -0.1) is 0 Å². The van der Waals surface area contributed by atoms with Gasteiger partial charge in [-0.05, 0) is 36.4 Å². The monoisotopic (exact) mass is 350 g/mol. The van der Waals surface area contributed by atoms with Crippen molar-refractivity contribution in [3.8, 4) is 5.75 Å². The van der Waals surface area contributed by atoms with Crippen LogP contribution in [0.5, 0.6) is 5.75 Å². The summed E-state index contributed by atoms with van der Waals surface area (Å²) in [7, 11) is 0. The maximum absolute atomic E-state index is 11.6. The Balaban J connectivity index is 1.68. The average Bonchev–Trinajstić information content (AvgIpc) is 2.59. The van der Waals surface area contributed by atoms with E-state index in [2.05, 4.69) is 5.32 Å². The molecule has 0 heterocycles. The molecule has 0 saturated heterocycles. The lowest BCUT2D eigenvalue weighted by molar-refractivity contribution is 0.120. The fraction of sp³-hybridized carbons (Fsp3) is 0.125. The number of rotatable bonds is 5. The molecule has 0 fully saturated rings. The van der Waals surface area contributed by atoms with Crippen LogP contribution in [0.4, 0.5) is 15.3 Å². The van der Waals surface area contributed by atoms with E-state index in [-0.39, 0.29) is 18.8 Å². The topological polar surface area (TPSA) is 88.1 Å². The first-order valence-electron chi connectivity index (χ1n) is 6.98. The smallest absolute Gasteiger partial charge is 0.438 e. The van der Waals surface area contributed by atoms with Crippen LogP contribution in [-0.4, -0.2) is 30.5 Å². The third kappa shape index (κ3) is 5.45. The first-order chi connectivity index (χ1) is 11.6. The van der Waals surface area contributed by atoms with Crippen molar-refractivity contribution in [2.24, 2.45) is 0 Å². The molecule has 2 rings (SSSR count). The molecule has 2 N–H and O–H groups in total. The number of halogens is 1. The summed E-state index contributed by atoms with van der Waals surface area (Å²) >= 11 is 5.72. The predicted octanol–water partition coefficient (Wildman–Crippen LogP) is 3.46. The van der Waals surface area contributed by atoms with Crippen molar-refractivity contribution in [3.05, 3.63) is 59.6 Å². The summed E-state index contributed by atoms with van der Waals surface area (Å²) in [6, 6.07) is 14.5. The zero-order valence-electron chi connectivity index (χ0n) is 12.5. The zero-order chi connectivity index (χ0) is 17.4. The fourth-order valence-corrected chi connectivity index (χ4v) is 1.80. The van der Waals surface area contributed by atoms with E-state index in [4.69, 9.17) is 21.1 Å². The van der Waals surface area contributed by atoms with Crippen LogP contribution in [0.15, 0.2) is 54.6 Å². The van der Waals surface area contributed by atoms with Crippen molar-refractivity contribution in [1.82, 2.24) is 5.32 Å². The molecule has 0 aliphatic rings. The number of amides is 2. The van der Waals surface area contributed by atoms with Crippen LogP contribution in [0.2, 0.25) is 5.02 Å². The van der Waals surface area contributed by atoms with Crippen LogP contribution in [0, 0.1) is 0 Å². The van der Waals surface area contributed by atoms with E-state index in [1.807, 2.05) is 0 Å². The highest BCUT2D eigenvalue weighted by atomic mass is 35.5. The van der Waals surface area contributed by atoms with Crippen LogP contribution in [0.3, 0.4) is 0 Å². The van der Waals surface area contributed by atoms with Gasteiger partial charge in [0.1, 0.15) is 12.4 Å². The Morgan fingerprint density at radius 3 is 2.42 bits per heavy atom. The quantitative estimate of drug-likeness (QED) is 0.490. The minimum atomic E-state index is -0.976. The van der Waals surface area contributed by atoms with Gasteiger partial charge in [-0.1, -0.05) is 29.8 Å². The molecule has 0 aliphatic heterocycles. The second-order valence-electron chi connectivity index (χ2n) is 4.53. The SMILES string of the molecule is O=C(NCCOC(=O)N(O)c1ccc(Cl)cc1)Oc1ccccc1. The standard InChI is InChI=1S/C16H15ClN2O5/c17-12-6-8-13(9-7-12)19(22)16(21)23-11-10-18-15(20)24-14-4-2-1-3-5-14/h1-9,22H,10-11H2,(H,18,20). The third-order valence-electron chi connectivity index (χ3n) is 2.79. The molecule has 0 bridgehead atoms. The van der Waals surface area contributed by atoms with Gasteiger partial charge in [-0.2, -0.15) is 5.06 Å². The van der Waals surface area contributed by atoms with Gasteiger partial charge in [0.25, 0.3) is 0 Å². The van der Waals surface area contributed by atoms with Crippen LogP contribution in [0.25, 0.3) is 0 Å². The zero-order valence-corrected chi connectivity index (χ0v) is 13.3. The van der Waals surface area contributed by atoms with E-state index in [9.17, 15) is 14.8 Å². The Bertz CT molecular complexity index is 679. The highest BCUT2D eigenvalue weighted by Crippen LogP contribution is 2.17. The Hall–Kier alpha value is -2.77. The first kappa shape index (κ1) is 17.6. The molecule has 8 heteroatoms. The molecule has 24 heavy (non-hydrogen) atoms. The third-order valence-corrected chi connectivity index (χ3v) is 3.05. The van der Waals surface area contributed by atoms with Crippen LogP contribution in [-0.2, 0) is 4.74 Å². The minimum Gasteiger partial charge on any atom is -0.446 e. The number of anilines is 1. The lowest BCUT2D eigenvalue weighted by atomic mass is 10.3. The Morgan fingerprint density at radius 1 is 1.08 bits per heavy atom.